The van der Waals surface area contributed by atoms with E-state index in [0.29, 0.717) is 6.54 Å². The number of hydrogen-bond acceptors (Lipinski definition) is 4. The van der Waals surface area contributed by atoms with Gasteiger partial charge in [-0.05, 0) is 24.3 Å². The second-order valence-electron chi connectivity index (χ2n) is 4.99. The number of benzene rings is 1. The minimum atomic E-state index is -0.589. The summed E-state index contributed by atoms with van der Waals surface area (Å²) in [5.41, 5.74) is 5.67. The molecule has 1 aromatic carbocycles. The van der Waals surface area contributed by atoms with E-state index in [-0.39, 0.29) is 28.3 Å². The van der Waals surface area contributed by atoms with E-state index < -0.39 is 4.92 Å². The van der Waals surface area contributed by atoms with Crippen molar-refractivity contribution < 1.29 is 9.72 Å². The molecular weight excluding hydrogens is 234 g/mol. The number of nitrogens with zero attached hydrogens (tertiary/aromatic N) is 1. The molecule has 1 amide bonds. The largest absolute Gasteiger partial charge is 0.393 e. The molecule has 0 aliphatic heterocycles. The number of amides is 1. The van der Waals surface area contributed by atoms with Crippen LogP contribution < -0.4 is 11.1 Å². The number of nitrogen functional groups attached to an aromatic ring is 1. The highest BCUT2D eigenvalue weighted by atomic mass is 16.6. The average Bonchev–Trinajstić information content (AvgIpc) is 3.05. The molecule has 0 heterocycles. The predicted octanol–water partition coefficient (Wildman–Crippen LogP) is 1.71. The fourth-order valence-electron chi connectivity index (χ4n) is 1.69. The summed E-state index contributed by atoms with van der Waals surface area (Å²) in [6, 6.07) is 4.24. The lowest BCUT2D eigenvalue weighted by Crippen LogP contribution is -2.29. The number of hydrogen-bond donors (Lipinski definition) is 2. The smallest absolute Gasteiger partial charge is 0.292 e. The summed E-state index contributed by atoms with van der Waals surface area (Å²) < 4.78 is 0. The highest BCUT2D eigenvalue weighted by molar-refractivity contribution is 6.01. The van der Waals surface area contributed by atoms with Gasteiger partial charge in [0.2, 0.25) is 0 Å². The molecule has 18 heavy (non-hydrogen) atoms. The maximum Gasteiger partial charge on any atom is 0.292 e. The molecule has 1 aromatic rings. The first-order chi connectivity index (χ1) is 8.43. The van der Waals surface area contributed by atoms with Gasteiger partial charge in [0, 0.05) is 12.6 Å². The van der Waals surface area contributed by atoms with E-state index in [0.717, 1.165) is 12.8 Å². The molecule has 0 spiro atoms. The van der Waals surface area contributed by atoms with Crippen molar-refractivity contribution in [3.8, 4) is 0 Å². The topological polar surface area (TPSA) is 98.3 Å². The summed E-state index contributed by atoms with van der Waals surface area (Å²) in [5, 5.41) is 13.5. The van der Waals surface area contributed by atoms with Crippen LogP contribution in [0.5, 0.6) is 0 Å². The zero-order valence-corrected chi connectivity index (χ0v) is 10.1. The summed E-state index contributed by atoms with van der Waals surface area (Å²) in [6.45, 7) is 2.66. The molecular formula is C12H15N3O3. The lowest BCUT2D eigenvalue weighted by atomic mass is 10.1. The zero-order valence-electron chi connectivity index (χ0n) is 10.1. The Hall–Kier alpha value is -2.11. The lowest BCUT2D eigenvalue weighted by molar-refractivity contribution is -0.383. The molecule has 0 atom stereocenters. The minimum Gasteiger partial charge on any atom is -0.393 e. The Bertz CT molecular complexity index is 509. The van der Waals surface area contributed by atoms with Crippen molar-refractivity contribution in [2.75, 3.05) is 12.3 Å². The normalized spacial score (nSPS) is 16.1. The summed E-state index contributed by atoms with van der Waals surface area (Å²) in [7, 11) is 0. The van der Waals surface area contributed by atoms with Crippen LogP contribution in [0.1, 0.15) is 30.1 Å². The summed E-state index contributed by atoms with van der Waals surface area (Å²) >= 11 is 0. The number of nitrogens with one attached hydrogen (secondary N) is 1. The fraction of sp³-hybridized carbons (Fsp3) is 0.417. The van der Waals surface area contributed by atoms with Gasteiger partial charge in [0.05, 0.1) is 10.5 Å². The number of rotatable bonds is 4. The Morgan fingerprint density at radius 2 is 2.22 bits per heavy atom. The first-order valence-electron chi connectivity index (χ1n) is 5.74. The van der Waals surface area contributed by atoms with Gasteiger partial charge in [-0.25, -0.2) is 0 Å². The Morgan fingerprint density at radius 3 is 2.78 bits per heavy atom. The second kappa shape index (κ2) is 4.29. The van der Waals surface area contributed by atoms with Gasteiger partial charge in [-0.2, -0.15) is 0 Å². The molecule has 96 valence electrons. The van der Waals surface area contributed by atoms with E-state index in [1.54, 1.807) is 0 Å². The van der Waals surface area contributed by atoms with E-state index in [9.17, 15) is 14.9 Å². The summed E-state index contributed by atoms with van der Waals surface area (Å²) in [6.07, 6.45) is 2.19. The van der Waals surface area contributed by atoms with Crippen molar-refractivity contribution in [2.45, 2.75) is 19.8 Å². The van der Waals surface area contributed by atoms with Crippen molar-refractivity contribution in [2.24, 2.45) is 5.41 Å². The SMILES string of the molecule is CC1(CNC(=O)c2cccc([N+](=O)[O-])c2N)CC1. The van der Waals surface area contributed by atoms with Crippen molar-refractivity contribution in [3.63, 3.8) is 0 Å². The molecule has 6 heteroatoms. The second-order valence-corrected chi connectivity index (χ2v) is 4.99. The number of nitrogens with two attached hydrogens (primary N) is 1. The monoisotopic (exact) mass is 249 g/mol. The van der Waals surface area contributed by atoms with Crippen LogP contribution in [0.4, 0.5) is 11.4 Å². The number of para-hydroxylation sites is 1. The molecule has 1 aliphatic carbocycles. The van der Waals surface area contributed by atoms with E-state index in [4.69, 9.17) is 5.73 Å². The predicted molar refractivity (Wildman–Crippen MR) is 67.2 cm³/mol. The Morgan fingerprint density at radius 1 is 1.56 bits per heavy atom. The number of nitro benzene ring substituents is 1. The van der Waals surface area contributed by atoms with E-state index in [2.05, 4.69) is 12.2 Å². The third-order valence-corrected chi connectivity index (χ3v) is 3.30. The quantitative estimate of drug-likeness (QED) is 0.482. The highest BCUT2D eigenvalue weighted by Crippen LogP contribution is 2.44. The molecule has 3 N–H and O–H groups in total. The molecule has 1 saturated carbocycles. The molecule has 0 aromatic heterocycles. The maximum absolute atomic E-state index is 11.9. The van der Waals surface area contributed by atoms with Gasteiger partial charge < -0.3 is 11.1 Å². The molecule has 0 unspecified atom stereocenters. The molecule has 6 nitrogen and oxygen atoms in total. The molecule has 0 saturated heterocycles. The van der Waals surface area contributed by atoms with E-state index in [1.807, 2.05) is 0 Å². The van der Waals surface area contributed by atoms with Crippen LogP contribution in [0.25, 0.3) is 0 Å². The number of carbonyl (C=O) groups excluding carboxylic acids is 1. The van der Waals surface area contributed by atoms with Gasteiger partial charge in [-0.1, -0.05) is 13.0 Å². The third kappa shape index (κ3) is 2.42. The van der Waals surface area contributed by atoms with Gasteiger partial charge in [-0.3, -0.25) is 14.9 Å². The van der Waals surface area contributed by atoms with E-state index in [1.165, 1.54) is 18.2 Å². The Kier molecular flexibility index (Phi) is 2.94. The number of carbonyl (C=O) groups is 1. The molecule has 0 bridgehead atoms. The molecule has 0 radical (unpaired) electrons. The average molecular weight is 249 g/mol. The van der Waals surface area contributed by atoms with Crippen molar-refractivity contribution in [1.82, 2.24) is 5.32 Å². The standard InChI is InChI=1S/C12H15N3O3/c1-12(5-6-12)7-14-11(16)8-3-2-4-9(10(8)13)15(17)18/h2-4H,5-7,13H2,1H3,(H,14,16). The summed E-state index contributed by atoms with van der Waals surface area (Å²) in [4.78, 5) is 22.0. The van der Waals surface area contributed by atoms with Crippen molar-refractivity contribution in [3.05, 3.63) is 33.9 Å². The summed E-state index contributed by atoms with van der Waals surface area (Å²) in [5.74, 6) is -0.357. The number of anilines is 1. The molecule has 1 aliphatic rings. The first-order valence-corrected chi connectivity index (χ1v) is 5.74. The molecule has 1 fully saturated rings. The van der Waals surface area contributed by atoms with Gasteiger partial charge >= 0.3 is 0 Å². The Labute approximate surface area is 104 Å². The zero-order chi connectivity index (χ0) is 13.3. The third-order valence-electron chi connectivity index (χ3n) is 3.30. The highest BCUT2D eigenvalue weighted by Gasteiger charge is 2.37. The van der Waals surface area contributed by atoms with Gasteiger partial charge in [0.15, 0.2) is 0 Å². The van der Waals surface area contributed by atoms with Crippen LogP contribution in [0.15, 0.2) is 18.2 Å². The van der Waals surface area contributed by atoms with Crippen LogP contribution in [0.3, 0.4) is 0 Å². The van der Waals surface area contributed by atoms with Crippen LogP contribution in [0, 0.1) is 15.5 Å². The van der Waals surface area contributed by atoms with E-state index >= 15 is 0 Å². The maximum atomic E-state index is 11.9. The van der Waals surface area contributed by atoms with Gasteiger partial charge in [0.1, 0.15) is 5.69 Å². The molecule has 2 rings (SSSR count). The van der Waals surface area contributed by atoms with Crippen molar-refractivity contribution >= 4 is 17.3 Å². The van der Waals surface area contributed by atoms with Gasteiger partial charge in [0.25, 0.3) is 11.6 Å². The Balaban J connectivity index is 2.14. The number of nitro groups is 1. The minimum absolute atomic E-state index is 0.0825. The van der Waals surface area contributed by atoms with Crippen LogP contribution in [-0.4, -0.2) is 17.4 Å². The van der Waals surface area contributed by atoms with Crippen LogP contribution >= 0.6 is 0 Å². The fourth-order valence-corrected chi connectivity index (χ4v) is 1.69. The lowest BCUT2D eigenvalue weighted by Gasteiger charge is -2.11. The first kappa shape index (κ1) is 12.3. The van der Waals surface area contributed by atoms with Crippen LogP contribution in [0.2, 0.25) is 0 Å². The van der Waals surface area contributed by atoms with Crippen molar-refractivity contribution in [1.29, 1.82) is 0 Å². The van der Waals surface area contributed by atoms with Gasteiger partial charge in [-0.15, -0.1) is 0 Å². The van der Waals surface area contributed by atoms with Crippen LogP contribution in [-0.2, 0) is 0 Å².